The van der Waals surface area contributed by atoms with Crippen molar-refractivity contribution in [2.75, 3.05) is 47.5 Å². The number of phosphoric ester groups is 1. The molecule has 2 unspecified atom stereocenters. The summed E-state index contributed by atoms with van der Waals surface area (Å²) in [6.45, 7) is 4.19. The third kappa shape index (κ3) is 82.4. The minimum Gasteiger partial charge on any atom is -0.756 e. The maximum atomic E-state index is 12.9. The van der Waals surface area contributed by atoms with E-state index in [1.54, 1.807) is 0 Å². The molecular weight excluding hydrogens is 1230 g/mol. The van der Waals surface area contributed by atoms with E-state index in [1.807, 2.05) is 21.1 Å². The molecule has 0 rings (SSSR count). The highest BCUT2D eigenvalue weighted by atomic mass is 31.2. The van der Waals surface area contributed by atoms with Crippen LogP contribution >= 0.6 is 7.82 Å². The Hall–Kier alpha value is -2.55. The van der Waals surface area contributed by atoms with Crippen molar-refractivity contribution in [2.24, 2.45) is 0 Å². The number of allylic oxidation sites excluding steroid dienone is 12. The molecule has 0 saturated heterocycles. The van der Waals surface area contributed by atoms with E-state index < -0.39 is 26.5 Å². The van der Waals surface area contributed by atoms with Gasteiger partial charge in [-0.3, -0.25) is 14.2 Å². The van der Waals surface area contributed by atoms with E-state index >= 15 is 0 Å². The first-order valence-corrected chi connectivity index (χ1v) is 44.1. The predicted molar refractivity (Wildman–Crippen MR) is 425 cm³/mol. The van der Waals surface area contributed by atoms with Crippen LogP contribution in [0.4, 0.5) is 0 Å². The first-order valence-electron chi connectivity index (χ1n) is 42.6. The highest BCUT2D eigenvalue weighted by molar-refractivity contribution is 7.45. The Kier molecular flexibility index (Phi) is 76.5. The fourth-order valence-corrected chi connectivity index (χ4v) is 13.5. The number of unbranched alkanes of at least 4 members (excludes halogenated alkanes) is 54. The van der Waals surface area contributed by atoms with Crippen molar-refractivity contribution in [1.29, 1.82) is 0 Å². The number of nitrogens with zero attached hydrogens (tertiary/aromatic N) is 1. The van der Waals surface area contributed by atoms with Crippen LogP contribution in [0.1, 0.15) is 425 Å². The molecule has 0 amide bonds. The van der Waals surface area contributed by atoms with E-state index in [4.69, 9.17) is 18.5 Å². The second kappa shape index (κ2) is 78.6. The minimum atomic E-state index is -4.65. The molecule has 0 aliphatic rings. The van der Waals surface area contributed by atoms with Gasteiger partial charge in [0, 0.05) is 12.8 Å². The van der Waals surface area contributed by atoms with E-state index in [2.05, 4.69) is 86.8 Å². The molecule has 98 heavy (non-hydrogen) atoms. The van der Waals surface area contributed by atoms with Gasteiger partial charge in [-0.2, -0.15) is 0 Å². The average Bonchev–Trinajstić information content (AvgIpc) is 1.08. The van der Waals surface area contributed by atoms with Crippen molar-refractivity contribution < 1.29 is 42.1 Å². The predicted octanol–water partition coefficient (Wildman–Crippen LogP) is 28.0. The van der Waals surface area contributed by atoms with Crippen LogP contribution in [0, 0.1) is 0 Å². The standard InChI is InChI=1S/C88H164NO8P/c1-6-8-10-12-14-16-18-20-22-24-26-28-30-32-34-36-38-40-42-44-46-48-50-52-54-56-58-60-62-64-66-68-70-72-74-76-78-80-87(90)94-84-86(85-96-98(92,93)95-83-82-89(3,4)5)97-88(91)81-79-77-75-73-71-69-67-65-63-61-59-57-55-53-51-49-47-45-43-41-39-37-35-33-31-29-27-25-23-21-19-17-15-13-11-9-7-2/h9,11,15,17-18,20-21,23-24,26-27,29,86H,6-8,10,12-14,16,19,22,25,28,30-85H2,1-5H3/b11-9-,17-15-,20-18-,23-21-,26-24-,29-27-. The molecule has 0 aromatic heterocycles. The van der Waals surface area contributed by atoms with Gasteiger partial charge < -0.3 is 27.9 Å². The second-order valence-electron chi connectivity index (χ2n) is 30.2. The number of likely N-dealkylation sites (N-methyl/N-ethyl adjacent to an activating group) is 1. The lowest BCUT2D eigenvalue weighted by molar-refractivity contribution is -0.870. The molecule has 0 bridgehead atoms. The summed E-state index contributed by atoms with van der Waals surface area (Å²) in [6.07, 6.45) is 108. The summed E-state index contributed by atoms with van der Waals surface area (Å²) in [5, 5.41) is 0. The maximum Gasteiger partial charge on any atom is 0.306 e. The van der Waals surface area contributed by atoms with E-state index in [0.717, 1.165) is 64.2 Å². The SMILES string of the molecule is CC/C=C\C/C=C\C/C=C\C/C=C\CCCCCCCCCCCCCCCCCCCCCCCCCCC(=O)OC(COC(=O)CCCCCCCCCCCCCCCCCCCCCCCCCCC/C=C\C/C=C\CCCCCCC)COP(=O)([O-])OCC[N+](C)(C)C. The van der Waals surface area contributed by atoms with Gasteiger partial charge in [-0.15, -0.1) is 0 Å². The molecule has 0 fully saturated rings. The van der Waals surface area contributed by atoms with Crippen LogP contribution in [0.15, 0.2) is 72.9 Å². The molecular formula is C88H164NO8P. The summed E-state index contributed by atoms with van der Waals surface area (Å²) in [5.74, 6) is -0.808. The van der Waals surface area contributed by atoms with Gasteiger partial charge in [-0.05, 0) is 83.5 Å². The number of carbonyl (C=O) groups is 2. The lowest BCUT2D eigenvalue weighted by Gasteiger charge is -2.28. The number of hydrogen-bond acceptors (Lipinski definition) is 8. The second-order valence-corrected chi connectivity index (χ2v) is 31.6. The normalized spacial score (nSPS) is 13.3. The number of hydrogen-bond donors (Lipinski definition) is 0. The van der Waals surface area contributed by atoms with Crippen LogP contribution in [0.5, 0.6) is 0 Å². The smallest absolute Gasteiger partial charge is 0.306 e. The monoisotopic (exact) mass is 1390 g/mol. The number of esters is 2. The number of rotatable bonds is 80. The van der Waals surface area contributed by atoms with E-state index in [1.165, 1.54) is 327 Å². The van der Waals surface area contributed by atoms with Crippen LogP contribution in [-0.4, -0.2) is 70.0 Å². The Labute approximate surface area is 609 Å². The summed E-state index contributed by atoms with van der Waals surface area (Å²) in [6, 6.07) is 0. The largest absolute Gasteiger partial charge is 0.756 e. The van der Waals surface area contributed by atoms with Gasteiger partial charge in [0.15, 0.2) is 6.10 Å². The molecule has 0 saturated carbocycles. The first kappa shape index (κ1) is 95.5. The molecule has 0 aliphatic carbocycles. The Morgan fingerprint density at radius 1 is 0.327 bits per heavy atom. The summed E-state index contributed by atoms with van der Waals surface area (Å²) in [5.41, 5.74) is 0. The molecule has 0 spiro atoms. The van der Waals surface area contributed by atoms with E-state index in [9.17, 15) is 19.0 Å². The molecule has 0 aromatic rings. The fourth-order valence-electron chi connectivity index (χ4n) is 12.7. The molecule has 9 nitrogen and oxygen atoms in total. The Bertz CT molecular complexity index is 1890. The molecule has 574 valence electrons. The molecule has 0 radical (unpaired) electrons. The highest BCUT2D eigenvalue weighted by Gasteiger charge is 2.22. The van der Waals surface area contributed by atoms with Crippen molar-refractivity contribution in [1.82, 2.24) is 0 Å². The summed E-state index contributed by atoms with van der Waals surface area (Å²) in [7, 11) is 1.19. The van der Waals surface area contributed by atoms with Gasteiger partial charge in [0.2, 0.25) is 0 Å². The van der Waals surface area contributed by atoms with Crippen molar-refractivity contribution in [3.05, 3.63) is 72.9 Å². The van der Waals surface area contributed by atoms with Crippen molar-refractivity contribution in [3.63, 3.8) is 0 Å². The average molecular weight is 1400 g/mol. The van der Waals surface area contributed by atoms with Gasteiger partial charge in [-0.25, -0.2) is 0 Å². The van der Waals surface area contributed by atoms with Crippen molar-refractivity contribution in [3.8, 4) is 0 Å². The zero-order valence-electron chi connectivity index (χ0n) is 65.7. The number of ether oxygens (including phenoxy) is 2. The first-order chi connectivity index (χ1) is 48.0. The molecule has 0 aromatic carbocycles. The van der Waals surface area contributed by atoms with Gasteiger partial charge in [-0.1, -0.05) is 401 Å². The number of quaternary nitrogens is 1. The Balaban J connectivity index is 3.87. The third-order valence-corrected chi connectivity index (χ3v) is 20.2. The Morgan fingerprint density at radius 3 is 0.867 bits per heavy atom. The minimum absolute atomic E-state index is 0.0284. The maximum absolute atomic E-state index is 12.9. The topological polar surface area (TPSA) is 111 Å². The summed E-state index contributed by atoms with van der Waals surface area (Å²) in [4.78, 5) is 38.2. The van der Waals surface area contributed by atoms with Gasteiger partial charge in [0.25, 0.3) is 7.82 Å². The molecule has 10 heteroatoms. The molecule has 0 N–H and O–H groups in total. The zero-order valence-corrected chi connectivity index (χ0v) is 66.6. The van der Waals surface area contributed by atoms with Gasteiger partial charge in [0.1, 0.15) is 19.8 Å². The number of carbonyl (C=O) groups excluding carboxylic acids is 2. The summed E-state index contributed by atoms with van der Waals surface area (Å²) < 4.78 is 34.5. The van der Waals surface area contributed by atoms with Crippen LogP contribution in [-0.2, 0) is 32.7 Å². The van der Waals surface area contributed by atoms with Gasteiger partial charge in [0.05, 0.1) is 27.7 Å². The van der Waals surface area contributed by atoms with E-state index in [-0.39, 0.29) is 32.0 Å². The van der Waals surface area contributed by atoms with Crippen LogP contribution in [0.2, 0.25) is 0 Å². The quantitative estimate of drug-likeness (QED) is 0.0195. The van der Waals surface area contributed by atoms with Crippen LogP contribution < -0.4 is 4.89 Å². The molecule has 0 heterocycles. The van der Waals surface area contributed by atoms with Crippen molar-refractivity contribution in [2.45, 2.75) is 431 Å². The van der Waals surface area contributed by atoms with Crippen molar-refractivity contribution >= 4 is 19.8 Å². The Morgan fingerprint density at radius 2 is 0.582 bits per heavy atom. The third-order valence-electron chi connectivity index (χ3n) is 19.2. The molecule has 0 aliphatic heterocycles. The zero-order chi connectivity index (χ0) is 71.1. The van der Waals surface area contributed by atoms with E-state index in [0.29, 0.717) is 17.4 Å². The van der Waals surface area contributed by atoms with Crippen LogP contribution in [0.3, 0.4) is 0 Å². The molecule has 2 atom stereocenters. The lowest BCUT2D eigenvalue weighted by Crippen LogP contribution is -2.37. The van der Waals surface area contributed by atoms with Crippen LogP contribution in [0.25, 0.3) is 0 Å². The lowest BCUT2D eigenvalue weighted by atomic mass is 10.0. The summed E-state index contributed by atoms with van der Waals surface area (Å²) >= 11 is 0. The fraction of sp³-hybridized carbons (Fsp3) is 0.841. The van der Waals surface area contributed by atoms with Gasteiger partial charge >= 0.3 is 11.9 Å². The number of phosphoric acid groups is 1. The highest BCUT2D eigenvalue weighted by Crippen LogP contribution is 2.38.